The number of nitrogens with zero attached hydrogens (tertiary/aromatic N) is 2. The molecule has 0 saturated carbocycles. The molecule has 0 aromatic heterocycles. The normalized spacial score (nSPS) is 16.7. The van der Waals surface area contributed by atoms with Crippen molar-refractivity contribution < 1.29 is 14.3 Å². The first-order valence-electron chi connectivity index (χ1n) is 11.1. The molecular weight excluding hydrogens is 422 g/mol. The molecule has 0 bridgehead atoms. The lowest BCUT2D eigenvalue weighted by atomic mass is 10.1. The van der Waals surface area contributed by atoms with Gasteiger partial charge in [0.05, 0.1) is 18.8 Å². The molecule has 2 N–H and O–H groups in total. The van der Waals surface area contributed by atoms with Gasteiger partial charge in [0.25, 0.3) is 5.91 Å². The minimum absolute atomic E-state index is 0.0150. The lowest BCUT2D eigenvalue weighted by molar-refractivity contribution is -0.132. The first-order valence-corrected chi connectivity index (χ1v) is 12.3. The molecule has 2 atom stereocenters. The van der Waals surface area contributed by atoms with Crippen LogP contribution in [0.15, 0.2) is 59.5 Å². The highest BCUT2D eigenvalue weighted by atomic mass is 32.2. The van der Waals surface area contributed by atoms with Gasteiger partial charge in [-0.3, -0.25) is 9.59 Å². The number of likely N-dealkylation sites (tertiary alicyclic amines) is 1. The Morgan fingerprint density at radius 2 is 2.00 bits per heavy atom. The molecule has 0 spiro atoms. The van der Waals surface area contributed by atoms with Crippen molar-refractivity contribution in [1.29, 1.82) is 0 Å². The number of hydrogen-bond acceptors (Lipinski definition) is 5. The van der Waals surface area contributed by atoms with Crippen LogP contribution in [0.3, 0.4) is 0 Å². The Balaban J connectivity index is 1.38. The van der Waals surface area contributed by atoms with Gasteiger partial charge in [-0.05, 0) is 49.3 Å². The van der Waals surface area contributed by atoms with Gasteiger partial charge in [0.1, 0.15) is 0 Å². The van der Waals surface area contributed by atoms with Crippen LogP contribution in [0.1, 0.15) is 35.2 Å². The molecule has 1 unspecified atom stereocenters. The maximum atomic E-state index is 12.7. The lowest BCUT2D eigenvalue weighted by Gasteiger charge is -2.22. The zero-order valence-corrected chi connectivity index (χ0v) is 19.7. The molecule has 6 nitrogen and oxygen atoms in total. The molecule has 0 radical (unpaired) electrons. The largest absolute Gasteiger partial charge is 0.372 e. The van der Waals surface area contributed by atoms with E-state index in [4.69, 9.17) is 10.5 Å². The van der Waals surface area contributed by atoms with Gasteiger partial charge in [0.15, 0.2) is 0 Å². The molecule has 2 aromatic carbocycles. The molecule has 1 saturated heterocycles. The second-order valence-corrected chi connectivity index (χ2v) is 9.08. The van der Waals surface area contributed by atoms with E-state index in [1.165, 1.54) is 0 Å². The maximum Gasteiger partial charge on any atom is 0.253 e. The Labute approximate surface area is 195 Å². The Kier molecular flexibility index (Phi) is 9.14. The Hall–Kier alpha value is -2.35. The fraction of sp³-hybridized carbons (Fsp3) is 0.440. The molecular formula is C25H33N3O3S. The van der Waals surface area contributed by atoms with E-state index in [9.17, 15) is 9.59 Å². The number of amides is 2. The minimum atomic E-state index is -0.550. The maximum absolute atomic E-state index is 12.7. The van der Waals surface area contributed by atoms with Crippen molar-refractivity contribution in [3.63, 3.8) is 0 Å². The van der Waals surface area contributed by atoms with E-state index in [-0.39, 0.29) is 17.9 Å². The molecule has 2 amide bonds. The summed E-state index contributed by atoms with van der Waals surface area (Å²) in [4.78, 5) is 29.9. The van der Waals surface area contributed by atoms with Gasteiger partial charge in [0.2, 0.25) is 5.91 Å². The second-order valence-electron chi connectivity index (χ2n) is 8.20. The predicted octanol–water partition coefficient (Wildman–Crippen LogP) is 3.41. The van der Waals surface area contributed by atoms with Crippen molar-refractivity contribution in [2.45, 2.75) is 42.9 Å². The van der Waals surface area contributed by atoms with Crippen LogP contribution in [0.4, 0.5) is 0 Å². The number of rotatable bonds is 10. The van der Waals surface area contributed by atoms with Crippen molar-refractivity contribution in [1.82, 2.24) is 9.80 Å². The zero-order chi connectivity index (χ0) is 22.9. The monoisotopic (exact) mass is 455 g/mol. The Bertz CT molecular complexity index is 893. The average molecular weight is 456 g/mol. The number of carbonyl (C=O) groups is 2. The molecule has 0 aliphatic carbocycles. The third kappa shape index (κ3) is 6.82. The van der Waals surface area contributed by atoms with Crippen molar-refractivity contribution >= 4 is 23.6 Å². The number of ether oxygens (including phenoxy) is 1. The molecule has 2 aromatic rings. The van der Waals surface area contributed by atoms with Crippen molar-refractivity contribution in [2.24, 2.45) is 5.73 Å². The van der Waals surface area contributed by atoms with Crippen molar-refractivity contribution in [3.8, 4) is 0 Å². The molecule has 32 heavy (non-hydrogen) atoms. The highest BCUT2D eigenvalue weighted by Gasteiger charge is 2.29. The fourth-order valence-corrected chi connectivity index (χ4v) is 4.30. The summed E-state index contributed by atoms with van der Waals surface area (Å²) < 4.78 is 5.97. The third-order valence-electron chi connectivity index (χ3n) is 5.77. The summed E-state index contributed by atoms with van der Waals surface area (Å²) in [6.07, 6.45) is 4.10. The van der Waals surface area contributed by atoms with E-state index in [0.717, 1.165) is 16.9 Å². The van der Waals surface area contributed by atoms with Crippen LogP contribution in [0.25, 0.3) is 0 Å². The molecule has 1 aliphatic heterocycles. The average Bonchev–Trinajstić information content (AvgIpc) is 3.31. The van der Waals surface area contributed by atoms with E-state index in [2.05, 4.69) is 0 Å². The zero-order valence-electron chi connectivity index (χ0n) is 18.9. The number of thioether (sulfide) groups is 1. The van der Waals surface area contributed by atoms with Crippen LogP contribution in [0, 0.1) is 0 Å². The van der Waals surface area contributed by atoms with E-state index in [1.54, 1.807) is 23.7 Å². The van der Waals surface area contributed by atoms with E-state index in [1.807, 2.05) is 65.8 Å². The van der Waals surface area contributed by atoms with Crippen LogP contribution < -0.4 is 5.73 Å². The van der Waals surface area contributed by atoms with Gasteiger partial charge in [-0.25, -0.2) is 0 Å². The molecule has 7 heteroatoms. The molecule has 172 valence electrons. The van der Waals surface area contributed by atoms with Crippen LogP contribution in [0.5, 0.6) is 0 Å². The van der Waals surface area contributed by atoms with Crippen LogP contribution in [-0.4, -0.2) is 66.7 Å². The first kappa shape index (κ1) is 24.3. The quantitative estimate of drug-likeness (QED) is 0.556. The number of nitrogens with two attached hydrogens (primary N) is 1. The van der Waals surface area contributed by atoms with Gasteiger partial charge in [-0.1, -0.05) is 36.4 Å². The molecule has 1 aliphatic rings. The Morgan fingerprint density at radius 3 is 2.75 bits per heavy atom. The van der Waals surface area contributed by atoms with Gasteiger partial charge >= 0.3 is 0 Å². The summed E-state index contributed by atoms with van der Waals surface area (Å²) >= 11 is 1.61. The summed E-state index contributed by atoms with van der Waals surface area (Å²) in [5.74, 6) is -0.0452. The number of hydrogen-bond donors (Lipinski definition) is 1. The fourth-order valence-electron chi connectivity index (χ4n) is 3.84. The van der Waals surface area contributed by atoms with E-state index < -0.39 is 6.04 Å². The van der Waals surface area contributed by atoms with Crippen LogP contribution in [0.2, 0.25) is 0 Å². The first-order chi connectivity index (χ1) is 15.5. The highest BCUT2D eigenvalue weighted by Crippen LogP contribution is 2.18. The summed E-state index contributed by atoms with van der Waals surface area (Å²) in [5.41, 5.74) is 7.99. The second kappa shape index (κ2) is 12.0. The molecule has 3 rings (SSSR count). The summed E-state index contributed by atoms with van der Waals surface area (Å²) in [6.45, 7) is 2.38. The van der Waals surface area contributed by atoms with Crippen LogP contribution in [-0.2, 0) is 16.1 Å². The lowest BCUT2D eigenvalue weighted by Crippen LogP contribution is -2.43. The summed E-state index contributed by atoms with van der Waals surface area (Å²) in [6, 6.07) is 17.1. The van der Waals surface area contributed by atoms with E-state index in [0.29, 0.717) is 44.6 Å². The Morgan fingerprint density at radius 1 is 1.22 bits per heavy atom. The third-order valence-corrected chi connectivity index (χ3v) is 6.50. The highest BCUT2D eigenvalue weighted by molar-refractivity contribution is 7.98. The smallest absolute Gasteiger partial charge is 0.253 e. The summed E-state index contributed by atoms with van der Waals surface area (Å²) in [5, 5.41) is 0. The standard InChI is InChI=1S/C25H33N3O3S/c1-27(24(29)20-10-6-11-22(16-20)32-2)14-7-12-23(26)25(30)28-15-13-21(17-28)31-18-19-8-4-3-5-9-19/h3-6,8-11,16,21,23H,7,12-15,17-18,26H2,1-2H3/t21-,23?/m0/s1. The van der Waals surface area contributed by atoms with Crippen molar-refractivity contribution in [2.75, 3.05) is 32.9 Å². The van der Waals surface area contributed by atoms with Crippen LogP contribution >= 0.6 is 11.8 Å². The topological polar surface area (TPSA) is 75.9 Å². The van der Waals surface area contributed by atoms with Gasteiger partial charge in [-0.2, -0.15) is 0 Å². The van der Waals surface area contributed by atoms with Gasteiger partial charge in [-0.15, -0.1) is 11.8 Å². The molecule has 1 fully saturated rings. The van der Waals surface area contributed by atoms with Crippen molar-refractivity contribution in [3.05, 3.63) is 65.7 Å². The van der Waals surface area contributed by atoms with E-state index >= 15 is 0 Å². The number of benzene rings is 2. The van der Waals surface area contributed by atoms with Gasteiger partial charge in [0, 0.05) is 37.1 Å². The van der Waals surface area contributed by atoms with Gasteiger partial charge < -0.3 is 20.3 Å². The molecule has 1 heterocycles. The number of carbonyl (C=O) groups excluding carboxylic acids is 2. The predicted molar refractivity (Wildman–Crippen MR) is 129 cm³/mol. The minimum Gasteiger partial charge on any atom is -0.372 e. The summed E-state index contributed by atoms with van der Waals surface area (Å²) in [7, 11) is 1.79. The SMILES string of the molecule is CSc1cccc(C(=O)N(C)CCCC(N)C(=O)N2CC[C@H](OCc3ccccc3)C2)c1.